The second-order valence-electron chi connectivity index (χ2n) is 6.86. The van der Waals surface area contributed by atoms with Gasteiger partial charge in [-0.05, 0) is 35.6 Å². The summed E-state index contributed by atoms with van der Waals surface area (Å²) < 4.78 is 28.3. The minimum absolute atomic E-state index is 0.0675. The number of hydrogen-bond acceptors (Lipinski definition) is 4. The first kappa shape index (κ1) is 20.0. The molecule has 2 aromatic carbocycles. The van der Waals surface area contributed by atoms with Crippen molar-refractivity contribution in [3.8, 4) is 0 Å². The van der Waals surface area contributed by atoms with Crippen LogP contribution in [0, 0.1) is 11.6 Å². The molecule has 0 fully saturated rings. The van der Waals surface area contributed by atoms with E-state index in [0.29, 0.717) is 11.3 Å². The molecule has 0 radical (unpaired) electrons. The van der Waals surface area contributed by atoms with Crippen molar-refractivity contribution in [3.05, 3.63) is 99.5 Å². The van der Waals surface area contributed by atoms with Gasteiger partial charge in [-0.2, -0.15) is 0 Å². The summed E-state index contributed by atoms with van der Waals surface area (Å²) in [6.45, 7) is 0. The Hall–Kier alpha value is -3.32. The van der Waals surface area contributed by atoms with Crippen LogP contribution in [-0.4, -0.2) is 16.8 Å². The highest BCUT2D eigenvalue weighted by molar-refractivity contribution is 7.10. The number of hydrogen-bond donors (Lipinski definition) is 1. The van der Waals surface area contributed by atoms with E-state index in [-0.39, 0.29) is 17.7 Å². The Morgan fingerprint density at radius 2 is 1.83 bits per heavy atom. The number of aliphatic hydroxyl groups is 1. The average molecular weight is 425 g/mol. The van der Waals surface area contributed by atoms with E-state index >= 15 is 0 Å². The molecule has 0 saturated carbocycles. The van der Waals surface area contributed by atoms with E-state index in [1.165, 1.54) is 11.3 Å². The summed E-state index contributed by atoms with van der Waals surface area (Å²) in [5, 5.41) is 12.3. The van der Waals surface area contributed by atoms with E-state index < -0.39 is 35.1 Å². The van der Waals surface area contributed by atoms with E-state index in [4.69, 9.17) is 0 Å². The molecule has 0 aliphatic carbocycles. The summed E-state index contributed by atoms with van der Waals surface area (Å²) in [6.07, 6.45) is 0.494. The molecule has 1 aromatic heterocycles. The summed E-state index contributed by atoms with van der Waals surface area (Å²) in [4.78, 5) is 27.4. The second kappa shape index (κ2) is 8.20. The van der Waals surface area contributed by atoms with Crippen molar-refractivity contribution in [1.82, 2.24) is 0 Å². The predicted molar refractivity (Wildman–Crippen MR) is 110 cm³/mol. The van der Waals surface area contributed by atoms with Crippen LogP contribution in [0.4, 0.5) is 14.5 Å². The van der Waals surface area contributed by atoms with Crippen LogP contribution < -0.4 is 4.90 Å². The van der Waals surface area contributed by atoms with Gasteiger partial charge in [-0.3, -0.25) is 14.5 Å². The third-order valence-corrected chi connectivity index (χ3v) is 5.90. The van der Waals surface area contributed by atoms with Gasteiger partial charge >= 0.3 is 0 Å². The third-order valence-electron chi connectivity index (χ3n) is 4.97. The van der Waals surface area contributed by atoms with Gasteiger partial charge in [-0.25, -0.2) is 8.78 Å². The first-order chi connectivity index (χ1) is 14.5. The number of aliphatic hydroxyl groups excluding tert-OH is 1. The molecule has 1 amide bonds. The Morgan fingerprint density at radius 3 is 2.53 bits per heavy atom. The van der Waals surface area contributed by atoms with Gasteiger partial charge in [-0.15, -0.1) is 11.3 Å². The molecule has 0 saturated heterocycles. The lowest BCUT2D eigenvalue weighted by atomic mass is 9.97. The van der Waals surface area contributed by atoms with Gasteiger partial charge in [0, 0.05) is 17.4 Å². The maximum Gasteiger partial charge on any atom is 0.294 e. The average Bonchev–Trinajstić information content (AvgIpc) is 3.36. The molecule has 0 spiro atoms. The maximum atomic E-state index is 14.5. The lowest BCUT2D eigenvalue weighted by Crippen LogP contribution is -2.31. The number of halogens is 2. The number of carbonyl (C=O) groups excluding carboxylic acids is 2. The fourth-order valence-corrected chi connectivity index (χ4v) is 4.39. The number of ketones is 1. The Kier molecular flexibility index (Phi) is 5.46. The molecule has 1 N–H and O–H groups in total. The normalized spacial score (nSPS) is 16.4. The van der Waals surface area contributed by atoms with Crippen molar-refractivity contribution in [2.45, 2.75) is 18.9 Å². The van der Waals surface area contributed by atoms with Crippen LogP contribution in [0.2, 0.25) is 0 Å². The number of amides is 1. The highest BCUT2D eigenvalue weighted by Gasteiger charge is 2.45. The van der Waals surface area contributed by atoms with Crippen LogP contribution in [0.5, 0.6) is 0 Å². The molecule has 30 heavy (non-hydrogen) atoms. The fourth-order valence-electron chi connectivity index (χ4n) is 3.56. The van der Waals surface area contributed by atoms with Crippen LogP contribution in [0.25, 0.3) is 0 Å². The Morgan fingerprint density at radius 1 is 1.07 bits per heavy atom. The molecule has 1 aliphatic rings. The molecular formula is C23H17F2NO3S. The lowest BCUT2D eigenvalue weighted by Gasteiger charge is -2.26. The zero-order chi connectivity index (χ0) is 21.3. The van der Waals surface area contributed by atoms with Gasteiger partial charge in [0.1, 0.15) is 17.7 Å². The number of anilines is 1. The molecule has 2 heterocycles. The SMILES string of the molecule is O=C(CCc1ccccc1)C1=C(O)C(=O)N(c2cc(F)ccc2F)C1c1cccs1. The summed E-state index contributed by atoms with van der Waals surface area (Å²) in [6, 6.07) is 14.5. The molecule has 4 rings (SSSR count). The molecule has 3 aromatic rings. The molecule has 0 bridgehead atoms. The van der Waals surface area contributed by atoms with Crippen molar-refractivity contribution in [3.63, 3.8) is 0 Å². The van der Waals surface area contributed by atoms with E-state index in [0.717, 1.165) is 28.7 Å². The highest BCUT2D eigenvalue weighted by atomic mass is 32.1. The minimum Gasteiger partial charge on any atom is -0.503 e. The van der Waals surface area contributed by atoms with Crippen molar-refractivity contribution in [2.75, 3.05) is 4.90 Å². The van der Waals surface area contributed by atoms with Crippen molar-refractivity contribution in [1.29, 1.82) is 0 Å². The summed E-state index contributed by atoms with van der Waals surface area (Å²) in [5.41, 5.74) is 0.522. The smallest absolute Gasteiger partial charge is 0.294 e. The zero-order valence-electron chi connectivity index (χ0n) is 15.7. The number of aryl methyl sites for hydroxylation is 1. The maximum absolute atomic E-state index is 14.5. The molecular weight excluding hydrogens is 408 g/mol. The zero-order valence-corrected chi connectivity index (χ0v) is 16.5. The van der Waals surface area contributed by atoms with Gasteiger partial charge in [0.05, 0.1) is 11.3 Å². The van der Waals surface area contributed by atoms with E-state index in [9.17, 15) is 23.5 Å². The molecule has 7 heteroatoms. The number of benzene rings is 2. The van der Waals surface area contributed by atoms with Crippen LogP contribution in [0.3, 0.4) is 0 Å². The van der Waals surface area contributed by atoms with Gasteiger partial charge in [0.25, 0.3) is 5.91 Å². The quantitative estimate of drug-likeness (QED) is 0.596. The number of carbonyl (C=O) groups is 2. The summed E-state index contributed by atoms with van der Waals surface area (Å²) >= 11 is 1.26. The largest absolute Gasteiger partial charge is 0.503 e. The molecule has 1 atom stereocenters. The lowest BCUT2D eigenvalue weighted by molar-refractivity contribution is -0.118. The summed E-state index contributed by atoms with van der Waals surface area (Å²) in [7, 11) is 0. The topological polar surface area (TPSA) is 57.6 Å². The van der Waals surface area contributed by atoms with Gasteiger partial charge < -0.3 is 5.11 Å². The third kappa shape index (κ3) is 3.64. The first-order valence-electron chi connectivity index (χ1n) is 9.29. The van der Waals surface area contributed by atoms with Crippen LogP contribution in [0.1, 0.15) is 22.9 Å². The number of nitrogens with zero attached hydrogens (tertiary/aromatic N) is 1. The van der Waals surface area contributed by atoms with Gasteiger partial charge in [0.15, 0.2) is 11.5 Å². The molecule has 152 valence electrons. The fraction of sp³-hybridized carbons (Fsp3) is 0.130. The Labute approximate surface area is 175 Å². The highest BCUT2D eigenvalue weighted by Crippen LogP contribution is 2.43. The Balaban J connectivity index is 1.72. The van der Waals surface area contributed by atoms with Gasteiger partial charge in [0.2, 0.25) is 0 Å². The standard InChI is InChI=1S/C23H17F2NO3S/c24-15-9-10-16(25)17(13-15)26-21(19-7-4-12-30-19)20(22(28)23(26)29)18(27)11-8-14-5-2-1-3-6-14/h1-7,9-10,12-13,21,28H,8,11H2. The monoisotopic (exact) mass is 425 g/mol. The van der Waals surface area contributed by atoms with Crippen LogP contribution in [-0.2, 0) is 16.0 Å². The number of Topliss-reactive ketones (excluding diaryl/α,β-unsaturated/α-hetero) is 1. The Bertz CT molecular complexity index is 1130. The second-order valence-corrected chi connectivity index (χ2v) is 7.84. The van der Waals surface area contributed by atoms with E-state index in [1.54, 1.807) is 17.5 Å². The summed E-state index contributed by atoms with van der Waals surface area (Å²) in [5.74, 6) is -3.62. The predicted octanol–water partition coefficient (Wildman–Crippen LogP) is 5.13. The molecule has 1 aliphatic heterocycles. The molecule has 4 nitrogen and oxygen atoms in total. The number of rotatable bonds is 6. The first-order valence-corrected chi connectivity index (χ1v) is 10.2. The van der Waals surface area contributed by atoms with Crippen molar-refractivity contribution in [2.24, 2.45) is 0 Å². The van der Waals surface area contributed by atoms with Crippen LogP contribution in [0.15, 0.2) is 77.4 Å². The minimum atomic E-state index is -1.02. The van der Waals surface area contributed by atoms with Crippen molar-refractivity contribution >= 4 is 28.7 Å². The molecule has 1 unspecified atom stereocenters. The van der Waals surface area contributed by atoms with Crippen molar-refractivity contribution < 1.29 is 23.5 Å². The van der Waals surface area contributed by atoms with Crippen LogP contribution >= 0.6 is 11.3 Å². The van der Waals surface area contributed by atoms with E-state index in [1.807, 2.05) is 30.3 Å². The van der Waals surface area contributed by atoms with E-state index in [2.05, 4.69) is 0 Å². The van der Waals surface area contributed by atoms with Gasteiger partial charge in [-0.1, -0.05) is 36.4 Å². The number of thiophene rings is 1.